The molecule has 1 aromatic carbocycles. The minimum Gasteiger partial charge on any atom is -0.385 e. The molecule has 0 bridgehead atoms. The first kappa shape index (κ1) is 18.6. The van der Waals surface area contributed by atoms with Gasteiger partial charge >= 0.3 is 0 Å². The first-order valence-electron chi connectivity index (χ1n) is 8.46. The molecular formula is C19H31FN4. The summed E-state index contributed by atoms with van der Waals surface area (Å²) in [7, 11) is 1.91. The average molecular weight is 334 g/mol. The number of hydrogen-bond donors (Lipinski definition) is 2. The lowest BCUT2D eigenvalue weighted by molar-refractivity contribution is 0.124. The zero-order chi connectivity index (χ0) is 18.3. The number of hydrogen-bond acceptors (Lipinski definition) is 4. The third-order valence-electron chi connectivity index (χ3n) is 4.99. The van der Waals surface area contributed by atoms with E-state index in [0.717, 1.165) is 18.8 Å². The highest BCUT2D eigenvalue weighted by Crippen LogP contribution is 2.47. The van der Waals surface area contributed by atoms with Crippen LogP contribution in [0.2, 0.25) is 0 Å². The summed E-state index contributed by atoms with van der Waals surface area (Å²) < 4.78 is 14.7. The van der Waals surface area contributed by atoms with E-state index in [4.69, 9.17) is 5.73 Å². The maximum atomic E-state index is 14.7. The van der Waals surface area contributed by atoms with Gasteiger partial charge in [0.1, 0.15) is 5.82 Å². The zero-order valence-electron chi connectivity index (χ0n) is 16.0. The SMILES string of the molecule is CN1CC(C)(C)[C@@](C)(c2cc(NCC(C)(C)C)ccc2F)N=C1N. The molecule has 1 heterocycles. The number of aliphatic imine (C=N–C) groups is 1. The molecule has 0 aromatic heterocycles. The molecule has 24 heavy (non-hydrogen) atoms. The fourth-order valence-corrected chi connectivity index (χ4v) is 3.09. The van der Waals surface area contributed by atoms with Gasteiger partial charge in [0.15, 0.2) is 5.96 Å². The van der Waals surface area contributed by atoms with Crippen molar-refractivity contribution in [1.29, 1.82) is 0 Å². The smallest absolute Gasteiger partial charge is 0.191 e. The van der Waals surface area contributed by atoms with Crippen molar-refractivity contribution in [2.24, 2.45) is 21.6 Å². The molecule has 1 aromatic rings. The summed E-state index contributed by atoms with van der Waals surface area (Å²) in [6.45, 7) is 14.2. The minimum atomic E-state index is -0.715. The van der Waals surface area contributed by atoms with Gasteiger partial charge in [0.05, 0.1) is 5.54 Å². The molecule has 0 fully saturated rings. The van der Waals surface area contributed by atoms with Gasteiger partial charge in [0.25, 0.3) is 0 Å². The Kier molecular flexibility index (Phi) is 4.59. The minimum absolute atomic E-state index is 0.147. The standard InChI is InChI=1S/C19H31FN4/c1-17(2,3)11-22-13-8-9-15(20)14(10-13)19(6)18(4,5)12-24(7)16(21)23-19/h8-10,22H,11-12H2,1-7H3,(H2,21,23)/t19-/m1/s1. The first-order chi connectivity index (χ1) is 10.9. The van der Waals surface area contributed by atoms with Crippen molar-refractivity contribution in [2.75, 3.05) is 25.5 Å². The van der Waals surface area contributed by atoms with Crippen LogP contribution in [0.1, 0.15) is 47.1 Å². The highest BCUT2D eigenvalue weighted by Gasteiger charge is 2.48. The lowest BCUT2D eigenvalue weighted by Gasteiger charge is -2.48. The van der Waals surface area contributed by atoms with Gasteiger partial charge in [-0.15, -0.1) is 0 Å². The summed E-state index contributed by atoms with van der Waals surface area (Å²) in [4.78, 5) is 6.60. The normalized spacial score (nSPS) is 23.8. The van der Waals surface area contributed by atoms with Crippen LogP contribution in [0.4, 0.5) is 10.1 Å². The third kappa shape index (κ3) is 3.50. The van der Waals surface area contributed by atoms with Crippen LogP contribution in [0.3, 0.4) is 0 Å². The topological polar surface area (TPSA) is 53.6 Å². The Morgan fingerprint density at radius 2 is 1.92 bits per heavy atom. The van der Waals surface area contributed by atoms with Crippen LogP contribution in [-0.2, 0) is 5.54 Å². The van der Waals surface area contributed by atoms with Crippen molar-refractivity contribution in [3.05, 3.63) is 29.6 Å². The number of halogens is 1. The maximum absolute atomic E-state index is 14.7. The average Bonchev–Trinajstić information content (AvgIpc) is 2.43. The van der Waals surface area contributed by atoms with Crippen LogP contribution in [0.5, 0.6) is 0 Å². The molecule has 0 radical (unpaired) electrons. The molecule has 0 unspecified atom stereocenters. The van der Waals surface area contributed by atoms with Crippen molar-refractivity contribution in [3.8, 4) is 0 Å². The van der Waals surface area contributed by atoms with Crippen molar-refractivity contribution in [2.45, 2.75) is 47.1 Å². The van der Waals surface area contributed by atoms with E-state index in [1.165, 1.54) is 6.07 Å². The Balaban J connectivity index is 2.46. The fraction of sp³-hybridized carbons (Fsp3) is 0.632. The second-order valence-corrected chi connectivity index (χ2v) is 8.89. The molecule has 4 nitrogen and oxygen atoms in total. The Labute approximate surface area is 145 Å². The van der Waals surface area contributed by atoms with Crippen LogP contribution in [0.25, 0.3) is 0 Å². The molecule has 0 spiro atoms. The van der Waals surface area contributed by atoms with Gasteiger partial charge in [-0.1, -0.05) is 34.6 Å². The van der Waals surface area contributed by atoms with Crippen LogP contribution >= 0.6 is 0 Å². The van der Waals surface area contributed by atoms with E-state index in [9.17, 15) is 4.39 Å². The van der Waals surface area contributed by atoms with Gasteiger partial charge in [-0.05, 0) is 30.5 Å². The number of anilines is 1. The van der Waals surface area contributed by atoms with E-state index >= 15 is 0 Å². The van der Waals surface area contributed by atoms with Crippen molar-refractivity contribution < 1.29 is 4.39 Å². The van der Waals surface area contributed by atoms with E-state index < -0.39 is 5.54 Å². The second kappa shape index (κ2) is 5.94. The largest absolute Gasteiger partial charge is 0.385 e. The molecule has 2 rings (SSSR count). The summed E-state index contributed by atoms with van der Waals surface area (Å²) in [5.41, 5.74) is 6.72. The Morgan fingerprint density at radius 3 is 2.50 bits per heavy atom. The summed E-state index contributed by atoms with van der Waals surface area (Å²) in [6, 6.07) is 5.18. The quantitative estimate of drug-likeness (QED) is 0.884. The van der Waals surface area contributed by atoms with E-state index in [1.807, 2.05) is 24.9 Å². The number of nitrogens with one attached hydrogen (secondary N) is 1. The summed E-state index contributed by atoms with van der Waals surface area (Å²) in [5, 5.41) is 3.40. The van der Waals surface area contributed by atoms with Crippen molar-refractivity contribution in [3.63, 3.8) is 0 Å². The molecule has 0 saturated carbocycles. The highest BCUT2D eigenvalue weighted by atomic mass is 19.1. The lowest BCUT2D eigenvalue weighted by atomic mass is 9.68. The van der Waals surface area contributed by atoms with Crippen LogP contribution in [0.15, 0.2) is 23.2 Å². The summed E-state index contributed by atoms with van der Waals surface area (Å²) >= 11 is 0. The molecule has 1 aliphatic rings. The maximum Gasteiger partial charge on any atom is 0.191 e. The second-order valence-electron chi connectivity index (χ2n) is 8.89. The van der Waals surface area contributed by atoms with Crippen LogP contribution in [0, 0.1) is 16.6 Å². The molecule has 0 amide bonds. The molecule has 134 valence electrons. The van der Waals surface area contributed by atoms with E-state index in [2.05, 4.69) is 44.9 Å². The molecular weight excluding hydrogens is 303 g/mol. The van der Waals surface area contributed by atoms with Crippen molar-refractivity contribution >= 4 is 11.6 Å². The number of benzene rings is 1. The first-order valence-corrected chi connectivity index (χ1v) is 8.46. The Morgan fingerprint density at radius 1 is 1.29 bits per heavy atom. The molecule has 1 atom stereocenters. The fourth-order valence-electron chi connectivity index (χ4n) is 3.09. The van der Waals surface area contributed by atoms with Crippen molar-refractivity contribution in [1.82, 2.24) is 4.90 Å². The lowest BCUT2D eigenvalue weighted by Crippen LogP contribution is -2.54. The van der Waals surface area contributed by atoms with Gasteiger partial charge in [-0.2, -0.15) is 0 Å². The molecule has 0 saturated heterocycles. The summed E-state index contributed by atoms with van der Waals surface area (Å²) in [5.74, 6) is 0.206. The van der Waals surface area contributed by atoms with Gasteiger partial charge in [-0.3, -0.25) is 0 Å². The summed E-state index contributed by atoms with van der Waals surface area (Å²) in [6.07, 6.45) is 0. The van der Waals surface area contributed by atoms with Crippen LogP contribution < -0.4 is 11.1 Å². The molecule has 3 N–H and O–H groups in total. The van der Waals surface area contributed by atoms with Gasteiger partial charge in [-0.25, -0.2) is 9.38 Å². The van der Waals surface area contributed by atoms with Gasteiger partial charge in [0, 0.05) is 36.8 Å². The third-order valence-corrected chi connectivity index (χ3v) is 4.99. The van der Waals surface area contributed by atoms with E-state index in [0.29, 0.717) is 11.5 Å². The van der Waals surface area contributed by atoms with E-state index in [1.54, 1.807) is 6.07 Å². The highest BCUT2D eigenvalue weighted by molar-refractivity contribution is 5.79. The predicted molar refractivity (Wildman–Crippen MR) is 99.7 cm³/mol. The number of nitrogens with two attached hydrogens (primary N) is 1. The Hall–Kier alpha value is -1.78. The monoisotopic (exact) mass is 334 g/mol. The molecule has 1 aliphatic heterocycles. The Bertz CT molecular complexity index is 645. The number of guanidine groups is 1. The number of nitrogens with zero attached hydrogens (tertiary/aromatic N) is 2. The van der Waals surface area contributed by atoms with Gasteiger partial charge < -0.3 is 16.0 Å². The van der Waals surface area contributed by atoms with Gasteiger partial charge in [0.2, 0.25) is 0 Å². The molecule has 0 aliphatic carbocycles. The number of rotatable bonds is 3. The zero-order valence-corrected chi connectivity index (χ0v) is 16.0. The predicted octanol–water partition coefficient (Wildman–Crippen LogP) is 3.79. The van der Waals surface area contributed by atoms with Crippen LogP contribution in [-0.4, -0.2) is 31.0 Å². The van der Waals surface area contributed by atoms with E-state index in [-0.39, 0.29) is 16.6 Å². The molecule has 5 heteroatoms.